The van der Waals surface area contributed by atoms with Crippen LogP contribution in [0.2, 0.25) is 0 Å². The third kappa shape index (κ3) is 3.12. The number of aromatic nitrogens is 1. The Labute approximate surface area is 155 Å². The van der Waals surface area contributed by atoms with Crippen molar-refractivity contribution in [3.05, 3.63) is 52.7 Å². The van der Waals surface area contributed by atoms with Crippen molar-refractivity contribution in [2.24, 2.45) is 0 Å². The van der Waals surface area contributed by atoms with E-state index in [2.05, 4.69) is 26.2 Å². The number of nitrogens with zero attached hydrogens (tertiary/aromatic N) is 1. The first kappa shape index (κ1) is 16.1. The molecule has 25 heavy (non-hydrogen) atoms. The highest BCUT2D eigenvalue weighted by Crippen LogP contribution is 2.31. The number of nitrogens with one attached hydrogen (secondary N) is 1. The predicted octanol–water partition coefficient (Wildman–Crippen LogP) is 5.46. The molecule has 0 aliphatic rings. The van der Waals surface area contributed by atoms with E-state index in [9.17, 15) is 4.79 Å². The van der Waals surface area contributed by atoms with Gasteiger partial charge in [-0.25, -0.2) is 4.98 Å². The first-order valence-electron chi connectivity index (χ1n) is 7.67. The Kier molecular flexibility index (Phi) is 4.19. The molecule has 0 atom stereocenters. The molecule has 4 rings (SSSR count). The Morgan fingerprint density at radius 1 is 1.32 bits per heavy atom. The molecule has 0 saturated carbocycles. The molecule has 2 aromatic heterocycles. The van der Waals surface area contributed by atoms with Crippen LogP contribution in [0.1, 0.15) is 17.5 Å². The number of benzene rings is 2. The van der Waals surface area contributed by atoms with Gasteiger partial charge in [-0.2, -0.15) is 0 Å². The molecule has 2 aromatic carbocycles. The van der Waals surface area contributed by atoms with Gasteiger partial charge in [-0.1, -0.05) is 39.4 Å². The van der Waals surface area contributed by atoms with Crippen molar-refractivity contribution in [3.8, 4) is 5.75 Å². The zero-order chi connectivity index (χ0) is 17.4. The Morgan fingerprint density at radius 2 is 2.20 bits per heavy atom. The minimum Gasteiger partial charge on any atom is -0.490 e. The molecule has 0 aliphatic carbocycles. The lowest BCUT2D eigenvalue weighted by molar-refractivity contribution is 0.0998. The smallest absolute Gasteiger partial charge is 0.293 e. The molecule has 4 aromatic rings. The van der Waals surface area contributed by atoms with Gasteiger partial charge in [0.1, 0.15) is 0 Å². The van der Waals surface area contributed by atoms with Crippen LogP contribution in [0.3, 0.4) is 0 Å². The van der Waals surface area contributed by atoms with Crippen LogP contribution in [-0.2, 0) is 0 Å². The summed E-state index contributed by atoms with van der Waals surface area (Å²) in [5, 5.41) is 4.15. The van der Waals surface area contributed by atoms with Crippen LogP contribution in [0.5, 0.6) is 5.75 Å². The number of ether oxygens (including phenoxy) is 1. The van der Waals surface area contributed by atoms with Crippen molar-refractivity contribution < 1.29 is 13.9 Å². The number of para-hydroxylation sites is 1. The molecular weight excluding hydrogens is 404 g/mol. The van der Waals surface area contributed by atoms with Crippen molar-refractivity contribution in [2.45, 2.75) is 6.92 Å². The molecule has 1 N–H and O–H groups in total. The number of hydrogen-bond acceptors (Lipinski definition) is 5. The largest absolute Gasteiger partial charge is 0.490 e. The zero-order valence-electron chi connectivity index (χ0n) is 13.2. The highest BCUT2D eigenvalue weighted by atomic mass is 79.9. The van der Waals surface area contributed by atoms with Gasteiger partial charge >= 0.3 is 0 Å². The van der Waals surface area contributed by atoms with Crippen LogP contribution in [0.4, 0.5) is 5.13 Å². The summed E-state index contributed by atoms with van der Waals surface area (Å²) in [6, 6.07) is 13.1. The SMILES string of the molecule is CCOc1cccc2cc(C(=O)Nc3nc4ccc(Br)cc4s3)oc12. The lowest BCUT2D eigenvalue weighted by atomic mass is 10.2. The topological polar surface area (TPSA) is 64.4 Å². The number of amides is 1. The van der Waals surface area contributed by atoms with Crippen LogP contribution in [0, 0.1) is 0 Å². The molecule has 0 radical (unpaired) electrons. The third-order valence-corrected chi connectivity index (χ3v) is 5.03. The van der Waals surface area contributed by atoms with Crippen LogP contribution in [-0.4, -0.2) is 17.5 Å². The van der Waals surface area contributed by atoms with E-state index in [0.29, 0.717) is 23.1 Å². The van der Waals surface area contributed by atoms with E-state index in [-0.39, 0.29) is 11.7 Å². The molecule has 2 heterocycles. The van der Waals surface area contributed by atoms with E-state index in [0.717, 1.165) is 20.1 Å². The Morgan fingerprint density at radius 3 is 3.04 bits per heavy atom. The lowest BCUT2D eigenvalue weighted by Crippen LogP contribution is -2.10. The molecule has 126 valence electrons. The van der Waals surface area contributed by atoms with Crippen LogP contribution >= 0.6 is 27.3 Å². The minimum atomic E-state index is -0.336. The van der Waals surface area contributed by atoms with Gasteiger partial charge < -0.3 is 9.15 Å². The number of anilines is 1. The first-order valence-corrected chi connectivity index (χ1v) is 9.28. The molecule has 0 unspecified atom stereocenters. The van der Waals surface area contributed by atoms with Crippen molar-refractivity contribution in [1.82, 2.24) is 4.98 Å². The summed E-state index contributed by atoms with van der Waals surface area (Å²) in [7, 11) is 0. The number of rotatable bonds is 4. The van der Waals surface area contributed by atoms with Crippen LogP contribution in [0.15, 0.2) is 51.4 Å². The number of hydrogen-bond donors (Lipinski definition) is 1. The summed E-state index contributed by atoms with van der Waals surface area (Å²) in [6.07, 6.45) is 0. The van der Waals surface area contributed by atoms with Gasteiger partial charge in [-0.3, -0.25) is 10.1 Å². The van der Waals surface area contributed by atoms with E-state index in [1.165, 1.54) is 11.3 Å². The molecule has 0 spiro atoms. The zero-order valence-corrected chi connectivity index (χ0v) is 15.6. The monoisotopic (exact) mass is 416 g/mol. The molecule has 0 bridgehead atoms. The summed E-state index contributed by atoms with van der Waals surface area (Å²) < 4.78 is 13.2. The normalized spacial score (nSPS) is 11.1. The summed E-state index contributed by atoms with van der Waals surface area (Å²) >= 11 is 4.85. The fourth-order valence-corrected chi connectivity index (χ4v) is 3.94. The maximum atomic E-state index is 12.5. The van der Waals surface area contributed by atoms with Gasteiger partial charge in [0.2, 0.25) is 0 Å². The molecule has 7 heteroatoms. The van der Waals surface area contributed by atoms with E-state index in [4.69, 9.17) is 9.15 Å². The fraction of sp³-hybridized carbons (Fsp3) is 0.111. The molecule has 0 aliphatic heterocycles. The average Bonchev–Trinajstić information content (AvgIpc) is 3.18. The lowest BCUT2D eigenvalue weighted by Gasteiger charge is -2.02. The van der Waals surface area contributed by atoms with Crippen LogP contribution < -0.4 is 10.1 Å². The number of carbonyl (C=O) groups is 1. The maximum Gasteiger partial charge on any atom is 0.293 e. The van der Waals surface area contributed by atoms with E-state index >= 15 is 0 Å². The van der Waals surface area contributed by atoms with E-state index in [1.807, 2.05) is 43.3 Å². The first-order chi connectivity index (χ1) is 12.1. The van der Waals surface area contributed by atoms with Gasteiger partial charge in [0, 0.05) is 9.86 Å². The summed E-state index contributed by atoms with van der Waals surface area (Å²) in [5.41, 5.74) is 1.41. The van der Waals surface area contributed by atoms with Gasteiger partial charge in [-0.05, 0) is 37.3 Å². The van der Waals surface area contributed by atoms with Crippen molar-refractivity contribution in [2.75, 3.05) is 11.9 Å². The van der Waals surface area contributed by atoms with Gasteiger partial charge in [0.25, 0.3) is 5.91 Å². The number of furan rings is 1. The van der Waals surface area contributed by atoms with Crippen molar-refractivity contribution in [3.63, 3.8) is 0 Å². The van der Waals surface area contributed by atoms with Crippen molar-refractivity contribution >= 4 is 59.5 Å². The third-order valence-electron chi connectivity index (χ3n) is 3.60. The number of carbonyl (C=O) groups excluding carboxylic acids is 1. The van der Waals surface area contributed by atoms with Gasteiger partial charge in [0.15, 0.2) is 22.2 Å². The highest BCUT2D eigenvalue weighted by molar-refractivity contribution is 9.10. The molecule has 5 nitrogen and oxygen atoms in total. The molecule has 0 fully saturated rings. The standard InChI is InChI=1S/C18H13BrN2O3S/c1-2-23-13-5-3-4-10-8-14(24-16(10)13)17(22)21-18-20-12-7-6-11(19)9-15(12)25-18/h3-9H,2H2,1H3,(H,20,21,22). The fourth-order valence-electron chi connectivity index (χ4n) is 2.53. The Bertz CT molecular complexity index is 1090. The Balaban J connectivity index is 1.63. The second kappa shape index (κ2) is 6.50. The van der Waals surface area contributed by atoms with Gasteiger partial charge in [0.05, 0.1) is 16.8 Å². The highest BCUT2D eigenvalue weighted by Gasteiger charge is 2.16. The number of fused-ring (bicyclic) bond motifs is 2. The van der Waals surface area contributed by atoms with Gasteiger partial charge in [-0.15, -0.1) is 0 Å². The van der Waals surface area contributed by atoms with E-state index < -0.39 is 0 Å². The number of thiazole rings is 1. The quantitative estimate of drug-likeness (QED) is 0.479. The summed E-state index contributed by atoms with van der Waals surface area (Å²) in [6.45, 7) is 2.43. The number of halogens is 1. The summed E-state index contributed by atoms with van der Waals surface area (Å²) in [5.74, 6) is 0.517. The summed E-state index contributed by atoms with van der Waals surface area (Å²) in [4.78, 5) is 16.9. The average molecular weight is 417 g/mol. The van der Waals surface area contributed by atoms with Crippen LogP contribution in [0.25, 0.3) is 21.2 Å². The minimum absolute atomic E-state index is 0.225. The second-order valence-electron chi connectivity index (χ2n) is 5.30. The molecular formula is C18H13BrN2O3S. The Hall–Kier alpha value is -2.38. The van der Waals surface area contributed by atoms with Crippen molar-refractivity contribution in [1.29, 1.82) is 0 Å². The predicted molar refractivity (Wildman–Crippen MR) is 103 cm³/mol. The van der Waals surface area contributed by atoms with E-state index in [1.54, 1.807) is 6.07 Å². The molecule has 1 amide bonds. The molecule has 0 saturated heterocycles. The maximum absolute atomic E-state index is 12.5. The second-order valence-corrected chi connectivity index (χ2v) is 7.25.